The molecule has 0 aliphatic rings. The molecule has 0 aliphatic heterocycles. The standard InChI is InChI=1S/C11H18N4O3S/c12-14-10-4-1-3-9(11(10)15(17)18)13-5-8-19-7-2-6-16/h1,3-4,13-14,16H,2,5-8,12H2. The third-order valence-electron chi connectivity index (χ3n) is 2.38. The molecule has 5 N–H and O–H groups in total. The van der Waals surface area contributed by atoms with Crippen LogP contribution >= 0.6 is 11.8 Å². The predicted molar refractivity (Wildman–Crippen MR) is 78.4 cm³/mol. The van der Waals surface area contributed by atoms with Crippen LogP contribution in [0.1, 0.15) is 6.42 Å². The highest BCUT2D eigenvalue weighted by molar-refractivity contribution is 7.99. The maximum atomic E-state index is 11.0. The molecule has 7 nitrogen and oxygen atoms in total. The average molecular weight is 286 g/mol. The summed E-state index contributed by atoms with van der Waals surface area (Å²) in [5, 5.41) is 22.7. The van der Waals surface area contributed by atoms with Crippen molar-refractivity contribution in [1.82, 2.24) is 0 Å². The molecule has 8 heteroatoms. The number of nitro groups is 1. The minimum Gasteiger partial charge on any atom is -0.396 e. The number of hydrogen-bond donors (Lipinski definition) is 4. The molecule has 0 bridgehead atoms. The Kier molecular flexibility index (Phi) is 7.01. The largest absolute Gasteiger partial charge is 0.396 e. The summed E-state index contributed by atoms with van der Waals surface area (Å²) in [6.07, 6.45) is 0.761. The second-order valence-corrected chi connectivity index (χ2v) is 4.94. The van der Waals surface area contributed by atoms with Gasteiger partial charge in [-0.2, -0.15) is 11.8 Å². The monoisotopic (exact) mass is 286 g/mol. The predicted octanol–water partition coefficient (Wildman–Crippen LogP) is 1.41. The second-order valence-electron chi connectivity index (χ2n) is 3.72. The number of thioether (sulfide) groups is 1. The van der Waals surface area contributed by atoms with Gasteiger partial charge in [0.25, 0.3) is 0 Å². The summed E-state index contributed by atoms with van der Waals surface area (Å²) in [6.45, 7) is 0.807. The van der Waals surface area contributed by atoms with Crippen LogP contribution in [0.15, 0.2) is 18.2 Å². The van der Waals surface area contributed by atoms with E-state index in [-0.39, 0.29) is 18.0 Å². The fourth-order valence-corrected chi connectivity index (χ4v) is 2.31. The van der Waals surface area contributed by atoms with Gasteiger partial charge in [-0.05, 0) is 24.3 Å². The number of aliphatic hydroxyl groups excluding tert-OH is 1. The maximum Gasteiger partial charge on any atom is 0.316 e. The number of aliphatic hydroxyl groups is 1. The van der Waals surface area contributed by atoms with E-state index in [0.717, 1.165) is 17.9 Å². The van der Waals surface area contributed by atoms with Crippen LogP contribution in [0, 0.1) is 10.1 Å². The third kappa shape index (κ3) is 4.93. The summed E-state index contributed by atoms with van der Waals surface area (Å²) < 4.78 is 0. The molecule has 0 atom stereocenters. The van der Waals surface area contributed by atoms with Gasteiger partial charge in [0, 0.05) is 18.9 Å². The van der Waals surface area contributed by atoms with Crippen molar-refractivity contribution in [2.75, 3.05) is 35.4 Å². The Hall–Kier alpha value is -1.51. The Morgan fingerprint density at radius 1 is 1.37 bits per heavy atom. The van der Waals surface area contributed by atoms with Crippen LogP contribution < -0.4 is 16.6 Å². The van der Waals surface area contributed by atoms with Crippen molar-refractivity contribution in [1.29, 1.82) is 0 Å². The molecular formula is C11H18N4O3S. The van der Waals surface area contributed by atoms with Crippen LogP contribution in [0.2, 0.25) is 0 Å². The number of rotatable bonds is 9. The molecule has 0 saturated heterocycles. The van der Waals surface area contributed by atoms with Crippen LogP contribution in [-0.4, -0.2) is 34.7 Å². The van der Waals surface area contributed by atoms with Crippen molar-refractivity contribution >= 4 is 28.8 Å². The first-order chi connectivity index (χ1) is 9.20. The lowest BCUT2D eigenvalue weighted by atomic mass is 10.2. The topological polar surface area (TPSA) is 113 Å². The van der Waals surface area contributed by atoms with Gasteiger partial charge in [0.05, 0.1) is 4.92 Å². The number of hydrazine groups is 1. The van der Waals surface area contributed by atoms with Gasteiger partial charge < -0.3 is 15.8 Å². The number of nitrogens with two attached hydrogens (primary N) is 1. The van der Waals surface area contributed by atoms with E-state index >= 15 is 0 Å². The summed E-state index contributed by atoms with van der Waals surface area (Å²) >= 11 is 1.69. The number of para-hydroxylation sites is 1. The van der Waals surface area contributed by atoms with E-state index in [0.29, 0.717) is 12.2 Å². The first-order valence-electron chi connectivity index (χ1n) is 5.87. The van der Waals surface area contributed by atoms with Crippen LogP contribution in [-0.2, 0) is 0 Å². The number of benzene rings is 1. The van der Waals surface area contributed by atoms with Crippen LogP contribution in [0.3, 0.4) is 0 Å². The number of hydrogen-bond acceptors (Lipinski definition) is 7. The zero-order chi connectivity index (χ0) is 14.1. The van der Waals surface area contributed by atoms with E-state index in [1.165, 1.54) is 0 Å². The van der Waals surface area contributed by atoms with Crippen molar-refractivity contribution in [2.45, 2.75) is 6.42 Å². The quantitative estimate of drug-likeness (QED) is 0.235. The third-order valence-corrected chi connectivity index (χ3v) is 3.45. The minimum absolute atomic E-state index is 0.0506. The van der Waals surface area contributed by atoms with Gasteiger partial charge in [-0.1, -0.05) is 6.07 Å². The molecule has 19 heavy (non-hydrogen) atoms. The summed E-state index contributed by atoms with van der Waals surface area (Å²) in [7, 11) is 0. The zero-order valence-electron chi connectivity index (χ0n) is 10.5. The van der Waals surface area contributed by atoms with E-state index in [1.807, 2.05) is 0 Å². The molecule has 0 aliphatic carbocycles. The average Bonchev–Trinajstić information content (AvgIpc) is 2.42. The smallest absolute Gasteiger partial charge is 0.316 e. The van der Waals surface area contributed by atoms with E-state index in [2.05, 4.69) is 10.7 Å². The molecule has 0 fully saturated rings. The SMILES string of the molecule is NNc1cccc(NCCSCCCO)c1[N+](=O)[O-]. The fourth-order valence-electron chi connectivity index (χ4n) is 1.53. The van der Waals surface area contributed by atoms with Crippen molar-refractivity contribution in [3.8, 4) is 0 Å². The molecule has 106 valence electrons. The second kappa shape index (κ2) is 8.57. The Labute approximate surface area is 115 Å². The highest BCUT2D eigenvalue weighted by atomic mass is 32.2. The molecule has 0 amide bonds. The van der Waals surface area contributed by atoms with E-state index in [4.69, 9.17) is 10.9 Å². The van der Waals surface area contributed by atoms with E-state index in [1.54, 1.807) is 30.0 Å². The molecule has 1 aromatic carbocycles. The Morgan fingerprint density at radius 3 is 2.74 bits per heavy atom. The highest BCUT2D eigenvalue weighted by Crippen LogP contribution is 2.31. The fraction of sp³-hybridized carbons (Fsp3) is 0.455. The summed E-state index contributed by atoms with van der Waals surface area (Å²) in [4.78, 5) is 10.6. The van der Waals surface area contributed by atoms with Gasteiger partial charge >= 0.3 is 5.69 Å². The molecule has 1 aromatic rings. The van der Waals surface area contributed by atoms with Crippen molar-refractivity contribution in [2.24, 2.45) is 5.84 Å². The molecule has 0 aromatic heterocycles. The number of nitro benzene ring substituents is 1. The van der Waals surface area contributed by atoms with Crippen molar-refractivity contribution < 1.29 is 10.0 Å². The molecule has 1 rings (SSSR count). The van der Waals surface area contributed by atoms with Gasteiger partial charge in [-0.15, -0.1) is 0 Å². The number of nitrogens with zero attached hydrogens (tertiary/aromatic N) is 1. The summed E-state index contributed by atoms with van der Waals surface area (Å²) in [5.74, 6) is 6.95. The Bertz CT molecular complexity index is 417. The van der Waals surface area contributed by atoms with E-state index < -0.39 is 4.92 Å². The van der Waals surface area contributed by atoms with Crippen molar-refractivity contribution in [3.63, 3.8) is 0 Å². The molecule has 0 heterocycles. The molecule has 0 unspecified atom stereocenters. The van der Waals surface area contributed by atoms with Gasteiger partial charge in [-0.25, -0.2) is 0 Å². The van der Waals surface area contributed by atoms with Gasteiger partial charge in [0.15, 0.2) is 0 Å². The summed E-state index contributed by atoms with van der Waals surface area (Å²) in [5.41, 5.74) is 3.00. The molecular weight excluding hydrogens is 268 g/mol. The zero-order valence-corrected chi connectivity index (χ0v) is 11.3. The molecule has 0 spiro atoms. The lowest BCUT2D eigenvalue weighted by molar-refractivity contribution is -0.383. The first kappa shape index (κ1) is 15.5. The Morgan fingerprint density at radius 2 is 2.11 bits per heavy atom. The van der Waals surface area contributed by atoms with Crippen LogP contribution in [0.25, 0.3) is 0 Å². The van der Waals surface area contributed by atoms with Gasteiger partial charge in [-0.3, -0.25) is 16.0 Å². The minimum atomic E-state index is -0.462. The maximum absolute atomic E-state index is 11.0. The number of nitrogens with one attached hydrogen (secondary N) is 2. The van der Waals surface area contributed by atoms with Crippen molar-refractivity contribution in [3.05, 3.63) is 28.3 Å². The number of anilines is 2. The Balaban J connectivity index is 2.55. The lowest BCUT2D eigenvalue weighted by Gasteiger charge is -2.09. The van der Waals surface area contributed by atoms with Crippen LogP contribution in [0.4, 0.5) is 17.1 Å². The first-order valence-corrected chi connectivity index (χ1v) is 7.02. The molecule has 0 saturated carbocycles. The highest BCUT2D eigenvalue weighted by Gasteiger charge is 2.18. The number of nitrogen functional groups attached to an aromatic ring is 1. The molecule has 0 radical (unpaired) electrons. The lowest BCUT2D eigenvalue weighted by Crippen LogP contribution is -2.12. The van der Waals surface area contributed by atoms with Gasteiger partial charge in [0.2, 0.25) is 0 Å². The van der Waals surface area contributed by atoms with Crippen LogP contribution in [0.5, 0.6) is 0 Å². The van der Waals surface area contributed by atoms with Gasteiger partial charge in [0.1, 0.15) is 11.4 Å². The van der Waals surface area contributed by atoms with E-state index in [9.17, 15) is 10.1 Å². The normalized spacial score (nSPS) is 10.2. The summed E-state index contributed by atoms with van der Waals surface area (Å²) in [6, 6.07) is 4.90.